The number of cyclic esters (lactones) is 1. The van der Waals surface area contributed by atoms with Crippen LogP contribution in [0.3, 0.4) is 0 Å². The Morgan fingerprint density at radius 2 is 2.21 bits per heavy atom. The molecule has 0 aromatic heterocycles. The zero-order valence-electron chi connectivity index (χ0n) is 14.1. The molecule has 0 amide bonds. The second-order valence-electron chi connectivity index (χ2n) is 5.52. The molecule has 0 aliphatic carbocycles. The van der Waals surface area contributed by atoms with E-state index < -0.39 is 0 Å². The molecular formula is C17H22INO4S. The normalized spacial score (nSPS) is 13.7. The minimum absolute atomic E-state index is 0.270. The Labute approximate surface area is 158 Å². The molecule has 5 nitrogen and oxygen atoms in total. The van der Waals surface area contributed by atoms with Gasteiger partial charge in [-0.3, -0.25) is 0 Å². The maximum Gasteiger partial charge on any atom is 0.342 e. The van der Waals surface area contributed by atoms with Crippen molar-refractivity contribution in [2.45, 2.75) is 26.9 Å². The first-order chi connectivity index (χ1) is 11.5. The van der Waals surface area contributed by atoms with Crippen LogP contribution in [0.25, 0.3) is 0 Å². The van der Waals surface area contributed by atoms with Crippen molar-refractivity contribution in [1.29, 1.82) is 0 Å². The monoisotopic (exact) mass is 463 g/mol. The first kappa shape index (κ1) is 19.4. The summed E-state index contributed by atoms with van der Waals surface area (Å²) in [4.78, 5) is 12.2. The van der Waals surface area contributed by atoms with Crippen LogP contribution in [0.15, 0.2) is 11.6 Å². The van der Waals surface area contributed by atoms with Crippen molar-refractivity contribution in [3.63, 3.8) is 0 Å². The Bertz CT molecular complexity index is 661. The Morgan fingerprint density at radius 1 is 1.46 bits per heavy atom. The van der Waals surface area contributed by atoms with Crippen molar-refractivity contribution in [2.24, 2.45) is 5.73 Å². The number of methoxy groups -OCH3 is 1. The van der Waals surface area contributed by atoms with Crippen molar-refractivity contribution >= 4 is 36.1 Å². The van der Waals surface area contributed by atoms with Gasteiger partial charge in [-0.05, 0) is 47.0 Å². The first-order valence-corrected chi connectivity index (χ1v) is 11.2. The highest BCUT2D eigenvalue weighted by Crippen LogP contribution is 2.42. The van der Waals surface area contributed by atoms with Crippen LogP contribution in [-0.2, 0) is 17.8 Å². The van der Waals surface area contributed by atoms with Gasteiger partial charge in [0, 0.05) is 23.4 Å². The van der Waals surface area contributed by atoms with Gasteiger partial charge in [0.25, 0.3) is 0 Å². The van der Waals surface area contributed by atoms with Crippen LogP contribution < -0.4 is 15.2 Å². The maximum absolute atomic E-state index is 12.2. The number of ether oxygens (including phenoxy) is 3. The second kappa shape index (κ2) is 8.96. The van der Waals surface area contributed by atoms with Gasteiger partial charge in [-0.25, -0.2) is 4.79 Å². The van der Waals surface area contributed by atoms with Crippen LogP contribution in [-0.4, -0.2) is 32.0 Å². The van der Waals surface area contributed by atoms with Crippen LogP contribution in [0.4, 0.5) is 0 Å². The predicted octanol–water partition coefficient (Wildman–Crippen LogP) is 3.58. The van der Waals surface area contributed by atoms with E-state index >= 15 is 0 Å². The standard InChI is InChI=1S/C17H22INO4S/c1-10(8-19)4-5-12-15(21-3)11(2)13-9-23-17(20)14(13)16(12)22-6-7-24-18/h4H,5-9,19H2,1-3H3/b10-4+. The van der Waals surface area contributed by atoms with E-state index in [0.717, 1.165) is 33.8 Å². The van der Waals surface area contributed by atoms with Gasteiger partial charge < -0.3 is 19.9 Å². The Balaban J connectivity index is 2.57. The summed E-state index contributed by atoms with van der Waals surface area (Å²) in [6, 6.07) is 0. The highest BCUT2D eigenvalue weighted by atomic mass is 127. The molecule has 1 heterocycles. The lowest BCUT2D eigenvalue weighted by Gasteiger charge is -2.19. The van der Waals surface area contributed by atoms with Crippen molar-refractivity contribution in [1.82, 2.24) is 0 Å². The number of carbonyl (C=O) groups excluding carboxylic acids is 1. The van der Waals surface area contributed by atoms with Gasteiger partial charge in [-0.15, -0.1) is 0 Å². The highest BCUT2D eigenvalue weighted by Gasteiger charge is 2.33. The van der Waals surface area contributed by atoms with Crippen LogP contribution in [0.1, 0.15) is 34.0 Å². The molecule has 2 rings (SSSR count). The van der Waals surface area contributed by atoms with Crippen LogP contribution in [0.2, 0.25) is 0 Å². The molecule has 1 aromatic rings. The molecule has 1 aromatic carbocycles. The number of halogens is 1. The zero-order valence-corrected chi connectivity index (χ0v) is 17.1. The van der Waals surface area contributed by atoms with Gasteiger partial charge in [0.05, 0.1) is 13.7 Å². The number of benzene rings is 1. The minimum atomic E-state index is -0.325. The summed E-state index contributed by atoms with van der Waals surface area (Å²) < 4.78 is 16.9. The molecule has 24 heavy (non-hydrogen) atoms. The summed E-state index contributed by atoms with van der Waals surface area (Å²) >= 11 is 2.23. The molecule has 0 radical (unpaired) electrons. The van der Waals surface area contributed by atoms with Gasteiger partial charge in [0.1, 0.15) is 23.7 Å². The van der Waals surface area contributed by atoms with Crippen molar-refractivity contribution in [3.05, 3.63) is 33.9 Å². The lowest BCUT2D eigenvalue weighted by atomic mass is 9.95. The molecule has 0 atom stereocenters. The summed E-state index contributed by atoms with van der Waals surface area (Å²) in [5.41, 5.74) is 9.96. The highest BCUT2D eigenvalue weighted by molar-refractivity contribution is 14.2. The van der Waals surface area contributed by atoms with E-state index in [2.05, 4.69) is 21.2 Å². The van der Waals surface area contributed by atoms with E-state index in [-0.39, 0.29) is 12.6 Å². The Kier molecular flexibility index (Phi) is 7.24. The van der Waals surface area contributed by atoms with Crippen LogP contribution in [0, 0.1) is 6.92 Å². The van der Waals surface area contributed by atoms with Gasteiger partial charge >= 0.3 is 5.97 Å². The summed E-state index contributed by atoms with van der Waals surface area (Å²) in [5, 5.41) is 0. The van der Waals surface area contributed by atoms with E-state index in [0.29, 0.717) is 30.9 Å². The van der Waals surface area contributed by atoms with Gasteiger partial charge in [0.2, 0.25) is 0 Å². The fraction of sp³-hybridized carbons (Fsp3) is 0.471. The second-order valence-corrected chi connectivity index (χ2v) is 8.01. The third-order valence-corrected chi connectivity index (χ3v) is 5.65. The largest absolute Gasteiger partial charge is 0.496 e. The summed E-state index contributed by atoms with van der Waals surface area (Å²) in [5.74, 6) is 1.85. The SMILES string of the molecule is COc1c(C)c2c(c(OCCSI)c1C/C=C(\C)CN)C(=O)OC2. The van der Waals surface area contributed by atoms with Gasteiger partial charge in [0.15, 0.2) is 0 Å². The molecule has 1 aliphatic heterocycles. The lowest BCUT2D eigenvalue weighted by Crippen LogP contribution is -2.10. The van der Waals surface area contributed by atoms with Crippen molar-refractivity contribution in [3.8, 4) is 11.5 Å². The Morgan fingerprint density at radius 3 is 2.83 bits per heavy atom. The fourth-order valence-corrected chi connectivity index (χ4v) is 3.39. The summed E-state index contributed by atoms with van der Waals surface area (Å²) in [6.45, 7) is 5.22. The summed E-state index contributed by atoms with van der Waals surface area (Å²) in [6.07, 6.45) is 2.64. The number of fused-ring (bicyclic) bond motifs is 1. The molecule has 0 unspecified atom stereocenters. The Hall–Kier alpha value is -0.930. The van der Waals surface area contributed by atoms with E-state index in [1.807, 2.05) is 19.9 Å². The smallest absolute Gasteiger partial charge is 0.342 e. The molecule has 2 N–H and O–H groups in total. The minimum Gasteiger partial charge on any atom is -0.496 e. The van der Waals surface area contributed by atoms with E-state index in [1.54, 1.807) is 16.0 Å². The molecule has 0 saturated heterocycles. The van der Waals surface area contributed by atoms with Crippen molar-refractivity contribution < 1.29 is 19.0 Å². The lowest BCUT2D eigenvalue weighted by molar-refractivity contribution is 0.0532. The number of esters is 1. The molecule has 132 valence electrons. The fourth-order valence-electron chi connectivity index (χ4n) is 2.70. The molecule has 1 aliphatic rings. The zero-order chi connectivity index (χ0) is 17.7. The average Bonchev–Trinajstić information content (AvgIpc) is 2.97. The number of nitrogens with two attached hydrogens (primary N) is 1. The topological polar surface area (TPSA) is 70.8 Å². The quantitative estimate of drug-likeness (QED) is 0.275. The third kappa shape index (κ3) is 4.00. The van der Waals surface area contributed by atoms with Gasteiger partial charge in [-0.1, -0.05) is 20.6 Å². The number of hydrogen-bond acceptors (Lipinski definition) is 6. The number of allylic oxidation sites excluding steroid dienone is 1. The third-order valence-electron chi connectivity index (χ3n) is 4.01. The summed E-state index contributed by atoms with van der Waals surface area (Å²) in [7, 11) is 3.30. The number of carbonyl (C=O) groups is 1. The van der Waals surface area contributed by atoms with Crippen molar-refractivity contribution in [2.75, 3.05) is 26.0 Å². The van der Waals surface area contributed by atoms with E-state index in [4.69, 9.17) is 19.9 Å². The average molecular weight is 463 g/mol. The molecule has 7 heteroatoms. The molecule has 0 saturated carbocycles. The number of hydrogen-bond donors (Lipinski definition) is 1. The maximum atomic E-state index is 12.2. The van der Waals surface area contributed by atoms with Crippen LogP contribution >= 0.6 is 30.1 Å². The molecule has 0 fully saturated rings. The number of rotatable bonds is 8. The predicted molar refractivity (Wildman–Crippen MR) is 105 cm³/mol. The van der Waals surface area contributed by atoms with E-state index in [9.17, 15) is 4.79 Å². The molecule has 0 bridgehead atoms. The molecule has 0 spiro atoms. The first-order valence-electron chi connectivity index (χ1n) is 7.66. The van der Waals surface area contributed by atoms with E-state index in [1.165, 1.54) is 0 Å². The van der Waals surface area contributed by atoms with Gasteiger partial charge in [-0.2, -0.15) is 0 Å². The molecular weight excluding hydrogens is 441 g/mol. The van der Waals surface area contributed by atoms with Crippen LogP contribution in [0.5, 0.6) is 11.5 Å².